The third-order valence-corrected chi connectivity index (χ3v) is 4.52. The summed E-state index contributed by atoms with van der Waals surface area (Å²) in [4.78, 5) is 16.6. The highest BCUT2D eigenvalue weighted by atomic mass is 32.1. The zero-order valence-corrected chi connectivity index (χ0v) is 14.5. The molecule has 6 heteroatoms. The van der Waals surface area contributed by atoms with Crippen molar-refractivity contribution in [3.8, 4) is 0 Å². The van der Waals surface area contributed by atoms with Crippen molar-refractivity contribution in [3.63, 3.8) is 0 Å². The van der Waals surface area contributed by atoms with Crippen LogP contribution in [0.2, 0.25) is 0 Å². The number of nitrogens with one attached hydrogen (secondary N) is 1. The van der Waals surface area contributed by atoms with Crippen LogP contribution >= 0.6 is 11.3 Å². The first kappa shape index (κ1) is 16.4. The number of carbonyl (C=O) groups excluding carboxylic acids is 1. The van der Waals surface area contributed by atoms with E-state index in [1.165, 1.54) is 5.56 Å². The van der Waals surface area contributed by atoms with E-state index in [1.54, 1.807) is 17.4 Å². The minimum atomic E-state index is -0.272. The molecule has 1 unspecified atom stereocenters. The topological polar surface area (TPSA) is 68.0 Å². The molecule has 0 spiro atoms. The van der Waals surface area contributed by atoms with Gasteiger partial charge in [0, 0.05) is 11.4 Å². The molecule has 0 bridgehead atoms. The average molecular weight is 341 g/mol. The van der Waals surface area contributed by atoms with E-state index in [2.05, 4.69) is 27.6 Å². The highest BCUT2D eigenvalue weighted by molar-refractivity contribution is 7.09. The van der Waals surface area contributed by atoms with Crippen molar-refractivity contribution in [1.29, 1.82) is 0 Å². The van der Waals surface area contributed by atoms with Crippen LogP contribution in [0.15, 0.2) is 46.3 Å². The van der Waals surface area contributed by atoms with Crippen LogP contribution in [0, 0.1) is 6.92 Å². The molecule has 0 saturated carbocycles. The fraction of sp³-hybridized carbons (Fsp3) is 0.278. The second kappa shape index (κ2) is 7.40. The number of nitrogens with zero attached hydrogens (tertiary/aromatic N) is 2. The van der Waals surface area contributed by atoms with Crippen LogP contribution in [-0.2, 0) is 12.8 Å². The molecule has 0 fully saturated rings. The molecule has 3 aromatic rings. The third-order valence-electron chi connectivity index (χ3n) is 3.72. The molecule has 0 aliphatic rings. The number of aromatic nitrogens is 2. The monoisotopic (exact) mass is 341 g/mol. The van der Waals surface area contributed by atoms with Gasteiger partial charge < -0.3 is 9.84 Å². The standard InChI is InChI=1S/C18H19N3O2S/c1-12(16-11-24-13(2)20-16)19-18(22)17-10-15(21-23-17)9-8-14-6-4-3-5-7-14/h3-7,10-12H,8-9H2,1-2H3,(H,19,22). The van der Waals surface area contributed by atoms with Gasteiger partial charge in [-0.25, -0.2) is 4.98 Å². The summed E-state index contributed by atoms with van der Waals surface area (Å²) < 4.78 is 5.18. The molecule has 1 aromatic carbocycles. The maximum absolute atomic E-state index is 12.3. The van der Waals surface area contributed by atoms with Gasteiger partial charge in [-0.05, 0) is 32.3 Å². The summed E-state index contributed by atoms with van der Waals surface area (Å²) in [7, 11) is 0. The molecule has 5 nitrogen and oxygen atoms in total. The molecule has 0 radical (unpaired) electrons. The zero-order valence-electron chi connectivity index (χ0n) is 13.7. The minimum Gasteiger partial charge on any atom is -0.351 e. The maximum atomic E-state index is 12.3. The fourth-order valence-corrected chi connectivity index (χ4v) is 3.08. The average Bonchev–Trinajstić information content (AvgIpc) is 3.23. The summed E-state index contributed by atoms with van der Waals surface area (Å²) in [6.07, 6.45) is 1.60. The first-order valence-corrected chi connectivity index (χ1v) is 8.72. The lowest BCUT2D eigenvalue weighted by atomic mass is 10.1. The zero-order chi connectivity index (χ0) is 16.9. The van der Waals surface area contributed by atoms with Crippen LogP contribution in [0.3, 0.4) is 0 Å². The number of hydrogen-bond donors (Lipinski definition) is 1. The molecule has 2 heterocycles. The molecule has 2 aromatic heterocycles. The Kier molecular flexibility index (Phi) is 5.05. The molecule has 24 heavy (non-hydrogen) atoms. The third kappa shape index (κ3) is 4.08. The van der Waals surface area contributed by atoms with Crippen LogP contribution in [0.5, 0.6) is 0 Å². The van der Waals surface area contributed by atoms with Gasteiger partial charge in [-0.2, -0.15) is 0 Å². The minimum absolute atomic E-state index is 0.166. The second-order valence-electron chi connectivity index (χ2n) is 5.65. The van der Waals surface area contributed by atoms with Crippen molar-refractivity contribution < 1.29 is 9.32 Å². The summed E-state index contributed by atoms with van der Waals surface area (Å²) >= 11 is 1.57. The molecule has 124 valence electrons. The number of carbonyl (C=O) groups is 1. The quantitative estimate of drug-likeness (QED) is 0.742. The Balaban J connectivity index is 1.57. The molecular weight excluding hydrogens is 322 g/mol. The number of amides is 1. The number of rotatable bonds is 6. The van der Waals surface area contributed by atoms with E-state index in [0.29, 0.717) is 0 Å². The number of thiazole rings is 1. The lowest BCUT2D eigenvalue weighted by Gasteiger charge is -2.09. The first-order valence-electron chi connectivity index (χ1n) is 7.84. The van der Waals surface area contributed by atoms with Crippen LogP contribution < -0.4 is 5.32 Å². The summed E-state index contributed by atoms with van der Waals surface area (Å²) in [5.74, 6) is -0.0384. The van der Waals surface area contributed by atoms with E-state index < -0.39 is 0 Å². The largest absolute Gasteiger partial charge is 0.351 e. The van der Waals surface area contributed by atoms with Crippen molar-refractivity contribution in [2.24, 2.45) is 0 Å². The number of hydrogen-bond acceptors (Lipinski definition) is 5. The number of benzene rings is 1. The molecule has 1 amide bonds. The van der Waals surface area contributed by atoms with Gasteiger partial charge in [-0.15, -0.1) is 11.3 Å². The molecule has 3 rings (SSSR count). The lowest BCUT2D eigenvalue weighted by molar-refractivity contribution is 0.0902. The van der Waals surface area contributed by atoms with Gasteiger partial charge in [0.15, 0.2) is 0 Å². The van der Waals surface area contributed by atoms with Crippen LogP contribution in [0.4, 0.5) is 0 Å². The summed E-state index contributed by atoms with van der Waals surface area (Å²) in [5, 5.41) is 9.80. The van der Waals surface area contributed by atoms with E-state index in [-0.39, 0.29) is 17.7 Å². The molecular formula is C18H19N3O2S. The smallest absolute Gasteiger partial charge is 0.290 e. The van der Waals surface area contributed by atoms with Crippen LogP contribution in [0.1, 0.15) is 45.5 Å². The van der Waals surface area contributed by atoms with Gasteiger partial charge in [-0.1, -0.05) is 35.5 Å². The molecule has 1 N–H and O–H groups in total. The number of aryl methyl sites for hydroxylation is 3. The summed E-state index contributed by atoms with van der Waals surface area (Å²) in [6.45, 7) is 3.84. The van der Waals surface area contributed by atoms with Crippen LogP contribution in [-0.4, -0.2) is 16.0 Å². The Morgan fingerprint density at radius 2 is 2.08 bits per heavy atom. The molecule has 0 aliphatic carbocycles. The second-order valence-corrected chi connectivity index (χ2v) is 6.72. The van der Waals surface area contributed by atoms with E-state index in [1.807, 2.05) is 37.4 Å². The van der Waals surface area contributed by atoms with E-state index in [0.717, 1.165) is 29.2 Å². The van der Waals surface area contributed by atoms with Gasteiger partial charge in [0.1, 0.15) is 0 Å². The van der Waals surface area contributed by atoms with Gasteiger partial charge in [0.2, 0.25) is 5.76 Å². The first-order chi connectivity index (χ1) is 11.6. The normalized spacial score (nSPS) is 12.1. The fourth-order valence-electron chi connectivity index (χ4n) is 2.37. The Morgan fingerprint density at radius 3 is 2.79 bits per heavy atom. The van der Waals surface area contributed by atoms with Crippen LogP contribution in [0.25, 0.3) is 0 Å². The molecule has 0 saturated heterocycles. The molecule has 0 aliphatic heterocycles. The van der Waals surface area contributed by atoms with E-state index in [9.17, 15) is 4.79 Å². The lowest BCUT2D eigenvalue weighted by Crippen LogP contribution is -2.26. The van der Waals surface area contributed by atoms with Gasteiger partial charge in [0.25, 0.3) is 5.91 Å². The van der Waals surface area contributed by atoms with Gasteiger partial charge in [-0.3, -0.25) is 4.79 Å². The Labute approximate surface area is 144 Å². The Bertz CT molecular complexity index is 811. The van der Waals surface area contributed by atoms with Gasteiger partial charge in [0.05, 0.1) is 22.4 Å². The Hall–Kier alpha value is -2.47. The van der Waals surface area contributed by atoms with Crippen molar-refractivity contribution in [3.05, 3.63) is 69.5 Å². The highest BCUT2D eigenvalue weighted by Gasteiger charge is 2.17. The summed E-state index contributed by atoms with van der Waals surface area (Å²) in [6, 6.07) is 11.7. The van der Waals surface area contributed by atoms with Crippen molar-refractivity contribution in [2.45, 2.75) is 32.7 Å². The molecule has 1 atom stereocenters. The summed E-state index contributed by atoms with van der Waals surface area (Å²) in [5.41, 5.74) is 2.87. The van der Waals surface area contributed by atoms with Crippen molar-refractivity contribution >= 4 is 17.2 Å². The Morgan fingerprint density at radius 1 is 1.29 bits per heavy atom. The van der Waals surface area contributed by atoms with Gasteiger partial charge >= 0.3 is 0 Å². The highest BCUT2D eigenvalue weighted by Crippen LogP contribution is 2.16. The maximum Gasteiger partial charge on any atom is 0.290 e. The van der Waals surface area contributed by atoms with E-state index >= 15 is 0 Å². The predicted molar refractivity (Wildman–Crippen MR) is 93.1 cm³/mol. The van der Waals surface area contributed by atoms with Crippen molar-refractivity contribution in [1.82, 2.24) is 15.5 Å². The van der Waals surface area contributed by atoms with Crippen molar-refractivity contribution in [2.75, 3.05) is 0 Å². The SMILES string of the molecule is Cc1nc(C(C)NC(=O)c2cc(CCc3ccccc3)no2)cs1. The van der Waals surface area contributed by atoms with E-state index in [4.69, 9.17) is 4.52 Å². The predicted octanol–water partition coefficient (Wildman–Crippen LogP) is 3.72.